The van der Waals surface area contributed by atoms with Crippen LogP contribution >= 0.6 is 0 Å². The largest absolute Gasteiger partial charge is 0.383 e. The van der Waals surface area contributed by atoms with E-state index in [1.165, 1.54) is 15.8 Å². The Morgan fingerprint density at radius 1 is 1.53 bits per heavy atom. The van der Waals surface area contributed by atoms with Gasteiger partial charge >= 0.3 is 0 Å². The lowest BCUT2D eigenvalue weighted by atomic mass is 10.2. The molecule has 6 nitrogen and oxygen atoms in total. The van der Waals surface area contributed by atoms with Crippen molar-refractivity contribution in [2.24, 2.45) is 7.05 Å². The zero-order valence-corrected chi connectivity index (χ0v) is 10.7. The molecule has 1 aromatic carbocycles. The number of anilines is 2. The summed E-state index contributed by atoms with van der Waals surface area (Å²) in [4.78, 5) is 13.7. The molecule has 0 saturated carbocycles. The monoisotopic (exact) mass is 255 g/mol. The number of hydrogen-bond acceptors (Lipinski definition) is 4. The zero-order chi connectivity index (χ0) is 14.0. The van der Waals surface area contributed by atoms with Gasteiger partial charge in [0, 0.05) is 19.8 Å². The summed E-state index contributed by atoms with van der Waals surface area (Å²) in [5, 5.41) is 12.8. The maximum Gasteiger partial charge on any atom is 0.263 e. The summed E-state index contributed by atoms with van der Waals surface area (Å²) >= 11 is 0. The Balaban J connectivity index is 2.34. The number of carbonyl (C=O) groups is 1. The van der Waals surface area contributed by atoms with Crippen molar-refractivity contribution in [3.8, 4) is 6.07 Å². The number of rotatable bonds is 2. The van der Waals surface area contributed by atoms with Gasteiger partial charge in [0.05, 0.1) is 17.8 Å². The number of aromatic nitrogens is 2. The van der Waals surface area contributed by atoms with Gasteiger partial charge in [-0.3, -0.25) is 9.48 Å². The third-order valence-electron chi connectivity index (χ3n) is 2.88. The molecule has 19 heavy (non-hydrogen) atoms. The number of nitrogens with zero attached hydrogens (tertiary/aromatic N) is 4. The summed E-state index contributed by atoms with van der Waals surface area (Å²) < 4.78 is 1.44. The highest BCUT2D eigenvalue weighted by Crippen LogP contribution is 2.19. The maximum atomic E-state index is 12.3. The van der Waals surface area contributed by atoms with Crippen molar-refractivity contribution in [1.29, 1.82) is 5.26 Å². The van der Waals surface area contributed by atoms with Crippen LogP contribution in [0.2, 0.25) is 0 Å². The van der Waals surface area contributed by atoms with Gasteiger partial charge < -0.3 is 10.6 Å². The standard InChI is InChI=1S/C13H13N5O/c1-17(10-5-3-4-9(6-10)7-14)13(19)11-8-16-18(2)12(11)15/h3-6,8H,15H2,1-2H3. The van der Waals surface area contributed by atoms with Crippen LogP contribution in [0.5, 0.6) is 0 Å². The second-order valence-electron chi connectivity index (χ2n) is 4.09. The molecule has 0 saturated heterocycles. The Morgan fingerprint density at radius 2 is 2.26 bits per heavy atom. The Kier molecular flexibility index (Phi) is 3.21. The lowest BCUT2D eigenvalue weighted by molar-refractivity contribution is 0.0994. The fraction of sp³-hybridized carbons (Fsp3) is 0.154. The third-order valence-corrected chi connectivity index (χ3v) is 2.88. The molecular weight excluding hydrogens is 242 g/mol. The van der Waals surface area contributed by atoms with E-state index in [1.807, 2.05) is 6.07 Å². The van der Waals surface area contributed by atoms with Crippen molar-refractivity contribution in [2.75, 3.05) is 17.7 Å². The molecule has 6 heteroatoms. The summed E-state index contributed by atoms with van der Waals surface area (Å²) in [6, 6.07) is 8.84. The third kappa shape index (κ3) is 2.26. The van der Waals surface area contributed by atoms with Crippen LogP contribution in [0.25, 0.3) is 0 Å². The van der Waals surface area contributed by atoms with Crippen molar-refractivity contribution < 1.29 is 4.79 Å². The van der Waals surface area contributed by atoms with Gasteiger partial charge in [0.15, 0.2) is 0 Å². The molecule has 2 rings (SSSR count). The van der Waals surface area contributed by atoms with Gasteiger partial charge in [0.1, 0.15) is 11.4 Å². The van der Waals surface area contributed by atoms with Gasteiger partial charge in [-0.05, 0) is 18.2 Å². The molecule has 2 N–H and O–H groups in total. The molecule has 0 spiro atoms. The van der Waals surface area contributed by atoms with E-state index in [-0.39, 0.29) is 5.91 Å². The topological polar surface area (TPSA) is 87.9 Å². The first-order chi connectivity index (χ1) is 9.04. The van der Waals surface area contributed by atoms with Gasteiger partial charge in [0.2, 0.25) is 0 Å². The molecule has 96 valence electrons. The Bertz CT molecular complexity index is 668. The van der Waals surface area contributed by atoms with Crippen molar-refractivity contribution in [1.82, 2.24) is 9.78 Å². The first-order valence-corrected chi connectivity index (χ1v) is 5.60. The fourth-order valence-corrected chi connectivity index (χ4v) is 1.69. The molecule has 1 amide bonds. The molecule has 0 radical (unpaired) electrons. The molecule has 0 aliphatic carbocycles. The molecule has 0 aliphatic rings. The van der Waals surface area contributed by atoms with E-state index in [0.717, 1.165) is 0 Å². The molecule has 1 aromatic heterocycles. The van der Waals surface area contributed by atoms with Crippen molar-refractivity contribution in [3.63, 3.8) is 0 Å². The number of nitrogen functional groups attached to an aromatic ring is 1. The lowest BCUT2D eigenvalue weighted by Gasteiger charge is -2.17. The highest BCUT2D eigenvalue weighted by atomic mass is 16.2. The number of nitriles is 1. The average molecular weight is 255 g/mol. The minimum atomic E-state index is -0.263. The van der Waals surface area contributed by atoms with Crippen LogP contribution in [-0.4, -0.2) is 22.7 Å². The Labute approximate surface area is 110 Å². The van der Waals surface area contributed by atoms with Crippen molar-refractivity contribution in [2.45, 2.75) is 0 Å². The number of nitrogens with two attached hydrogens (primary N) is 1. The van der Waals surface area contributed by atoms with E-state index in [4.69, 9.17) is 11.0 Å². The van der Waals surface area contributed by atoms with Gasteiger partial charge in [-0.15, -0.1) is 0 Å². The van der Waals surface area contributed by atoms with Crippen LogP contribution in [0.1, 0.15) is 15.9 Å². The minimum absolute atomic E-state index is 0.263. The maximum absolute atomic E-state index is 12.3. The molecule has 0 fully saturated rings. The fourth-order valence-electron chi connectivity index (χ4n) is 1.69. The summed E-state index contributed by atoms with van der Waals surface area (Å²) in [5.74, 6) is 0.0500. The first-order valence-electron chi connectivity index (χ1n) is 5.60. The van der Waals surface area contributed by atoms with Crippen LogP contribution < -0.4 is 10.6 Å². The molecular formula is C13H13N5O. The Hall–Kier alpha value is -2.81. The second-order valence-corrected chi connectivity index (χ2v) is 4.09. The predicted octanol–water partition coefficient (Wildman–Crippen LogP) is 1.15. The number of hydrogen-bond donors (Lipinski definition) is 1. The number of carbonyl (C=O) groups excluding carboxylic acids is 1. The van der Waals surface area contributed by atoms with Crippen LogP contribution in [0, 0.1) is 11.3 Å². The van der Waals surface area contributed by atoms with Gasteiger partial charge in [-0.2, -0.15) is 10.4 Å². The average Bonchev–Trinajstić information content (AvgIpc) is 2.77. The van der Waals surface area contributed by atoms with Crippen molar-refractivity contribution in [3.05, 3.63) is 41.6 Å². The number of aryl methyl sites for hydroxylation is 1. The quantitative estimate of drug-likeness (QED) is 0.871. The van der Waals surface area contributed by atoms with E-state index >= 15 is 0 Å². The van der Waals surface area contributed by atoms with E-state index in [2.05, 4.69) is 5.10 Å². The van der Waals surface area contributed by atoms with Crippen LogP contribution in [-0.2, 0) is 7.05 Å². The summed E-state index contributed by atoms with van der Waals surface area (Å²) in [6.45, 7) is 0. The number of amides is 1. The summed E-state index contributed by atoms with van der Waals surface area (Å²) in [5.41, 5.74) is 7.24. The van der Waals surface area contributed by atoms with Crippen LogP contribution in [0.15, 0.2) is 30.5 Å². The highest BCUT2D eigenvalue weighted by Gasteiger charge is 2.19. The van der Waals surface area contributed by atoms with E-state index in [9.17, 15) is 4.79 Å². The van der Waals surface area contributed by atoms with Crippen molar-refractivity contribution >= 4 is 17.4 Å². The minimum Gasteiger partial charge on any atom is -0.383 e. The lowest BCUT2D eigenvalue weighted by Crippen LogP contribution is -2.26. The summed E-state index contributed by atoms with van der Waals surface area (Å²) in [7, 11) is 3.30. The zero-order valence-electron chi connectivity index (χ0n) is 10.7. The normalized spacial score (nSPS) is 9.95. The van der Waals surface area contributed by atoms with Crippen LogP contribution in [0.4, 0.5) is 11.5 Å². The van der Waals surface area contributed by atoms with Gasteiger partial charge in [-0.25, -0.2) is 0 Å². The van der Waals surface area contributed by atoms with Crippen LogP contribution in [0.3, 0.4) is 0 Å². The molecule has 0 unspecified atom stereocenters. The first kappa shape index (κ1) is 12.6. The summed E-state index contributed by atoms with van der Waals surface area (Å²) in [6.07, 6.45) is 1.43. The molecule has 0 atom stereocenters. The second kappa shape index (κ2) is 4.82. The SMILES string of the molecule is CN(C(=O)c1cnn(C)c1N)c1cccc(C#N)c1. The smallest absolute Gasteiger partial charge is 0.263 e. The highest BCUT2D eigenvalue weighted by molar-refractivity contribution is 6.08. The van der Waals surface area contributed by atoms with E-state index in [0.29, 0.717) is 22.6 Å². The molecule has 2 aromatic rings. The van der Waals surface area contributed by atoms with E-state index in [1.54, 1.807) is 38.4 Å². The Morgan fingerprint density at radius 3 is 2.84 bits per heavy atom. The predicted molar refractivity (Wildman–Crippen MR) is 71.5 cm³/mol. The molecule has 0 aliphatic heterocycles. The van der Waals surface area contributed by atoms with Gasteiger partial charge in [-0.1, -0.05) is 6.07 Å². The molecule has 0 bridgehead atoms. The molecule has 1 heterocycles. The van der Waals surface area contributed by atoms with E-state index < -0.39 is 0 Å². The van der Waals surface area contributed by atoms with Gasteiger partial charge in [0.25, 0.3) is 5.91 Å². The number of benzene rings is 1.